The second-order valence-corrected chi connectivity index (χ2v) is 6.20. The van der Waals surface area contributed by atoms with Gasteiger partial charge in [0.15, 0.2) is 0 Å². The Bertz CT molecular complexity index is 518. The Hall–Kier alpha value is -1.45. The van der Waals surface area contributed by atoms with Gasteiger partial charge < -0.3 is 10.6 Å². The van der Waals surface area contributed by atoms with Crippen LogP contribution in [0, 0.1) is 0 Å². The zero-order valence-corrected chi connectivity index (χ0v) is 12.3. The van der Waals surface area contributed by atoms with Crippen molar-refractivity contribution in [3.05, 3.63) is 54.6 Å². The Morgan fingerprint density at radius 3 is 2.45 bits per heavy atom. The number of benzene rings is 2. The molecule has 1 fully saturated rings. The van der Waals surface area contributed by atoms with Crippen LogP contribution in [0.15, 0.2) is 54.6 Å². The third-order valence-corrected chi connectivity index (χ3v) is 4.67. The van der Waals surface area contributed by atoms with Crippen LogP contribution in [0.3, 0.4) is 0 Å². The van der Waals surface area contributed by atoms with E-state index < -0.39 is 0 Å². The maximum Gasteiger partial charge on any atom is 0.0341 e. The van der Waals surface area contributed by atoms with Crippen LogP contribution in [0.1, 0.15) is 0 Å². The molecule has 20 heavy (non-hydrogen) atoms. The highest BCUT2D eigenvalue weighted by molar-refractivity contribution is 7.99. The number of anilines is 1. The molecule has 0 aliphatic carbocycles. The molecule has 1 atom stereocenters. The Labute approximate surface area is 125 Å². The molecule has 0 radical (unpaired) electrons. The quantitative estimate of drug-likeness (QED) is 0.899. The number of hydrogen-bond acceptors (Lipinski definition) is 3. The molecule has 3 rings (SSSR count). The van der Waals surface area contributed by atoms with Crippen molar-refractivity contribution in [3.63, 3.8) is 0 Å². The lowest BCUT2D eigenvalue weighted by atomic mass is 10.1. The van der Waals surface area contributed by atoms with Crippen LogP contribution in [0.4, 0.5) is 5.69 Å². The van der Waals surface area contributed by atoms with Crippen LogP contribution in [-0.4, -0.2) is 30.6 Å². The van der Waals surface area contributed by atoms with Crippen LogP contribution in [0.2, 0.25) is 0 Å². The minimum absolute atomic E-state index is 0.586. The molecule has 1 aliphatic heterocycles. The monoisotopic (exact) mass is 284 g/mol. The molecule has 3 heteroatoms. The van der Waals surface area contributed by atoms with Crippen LogP contribution < -0.4 is 10.6 Å². The summed E-state index contributed by atoms with van der Waals surface area (Å²) in [5.74, 6) is 2.44. The summed E-state index contributed by atoms with van der Waals surface area (Å²) < 4.78 is 0. The van der Waals surface area contributed by atoms with Gasteiger partial charge in [-0.25, -0.2) is 0 Å². The first-order valence-electron chi connectivity index (χ1n) is 7.12. The highest BCUT2D eigenvalue weighted by Gasteiger charge is 2.11. The predicted octanol–water partition coefficient (Wildman–Crippen LogP) is 3.47. The molecule has 2 aromatic rings. The Balaban J connectivity index is 1.58. The molecule has 2 nitrogen and oxygen atoms in total. The van der Waals surface area contributed by atoms with Crippen molar-refractivity contribution in [1.82, 2.24) is 5.32 Å². The van der Waals surface area contributed by atoms with Crippen LogP contribution >= 0.6 is 11.8 Å². The van der Waals surface area contributed by atoms with Gasteiger partial charge in [0, 0.05) is 36.3 Å². The molecule has 1 heterocycles. The lowest BCUT2D eigenvalue weighted by Gasteiger charge is -2.23. The van der Waals surface area contributed by atoms with E-state index in [0.717, 1.165) is 13.1 Å². The zero-order valence-electron chi connectivity index (χ0n) is 11.5. The van der Waals surface area contributed by atoms with Crippen LogP contribution in [0.5, 0.6) is 0 Å². The van der Waals surface area contributed by atoms with E-state index in [0.29, 0.717) is 6.04 Å². The summed E-state index contributed by atoms with van der Waals surface area (Å²) >= 11 is 2.04. The average Bonchev–Trinajstić information content (AvgIpc) is 2.55. The largest absolute Gasteiger partial charge is 0.383 e. The van der Waals surface area contributed by atoms with Crippen LogP contribution in [-0.2, 0) is 0 Å². The summed E-state index contributed by atoms with van der Waals surface area (Å²) in [6, 6.07) is 19.8. The lowest BCUT2D eigenvalue weighted by Crippen LogP contribution is -2.42. The van der Waals surface area contributed by atoms with Crippen molar-refractivity contribution < 1.29 is 0 Å². The first kappa shape index (κ1) is 13.5. The molecule has 0 aromatic heterocycles. The summed E-state index contributed by atoms with van der Waals surface area (Å²) in [6.07, 6.45) is 0. The van der Waals surface area contributed by atoms with Crippen LogP contribution in [0.25, 0.3) is 11.1 Å². The SMILES string of the molecule is c1ccc(-c2ccc(NCC3CSCCN3)cc2)cc1. The molecule has 2 N–H and O–H groups in total. The Morgan fingerprint density at radius 2 is 1.75 bits per heavy atom. The zero-order chi connectivity index (χ0) is 13.6. The third-order valence-electron chi connectivity index (χ3n) is 3.54. The molecule has 1 unspecified atom stereocenters. The first-order chi connectivity index (χ1) is 9.92. The fraction of sp³-hybridized carbons (Fsp3) is 0.294. The maximum atomic E-state index is 3.54. The van der Waals surface area contributed by atoms with Gasteiger partial charge in [-0.05, 0) is 23.3 Å². The van der Waals surface area contributed by atoms with Crippen molar-refractivity contribution in [2.75, 3.05) is 29.9 Å². The van der Waals surface area contributed by atoms with Crippen molar-refractivity contribution in [3.8, 4) is 11.1 Å². The third kappa shape index (κ3) is 3.56. The van der Waals surface area contributed by atoms with Gasteiger partial charge in [0.05, 0.1) is 0 Å². The number of nitrogens with one attached hydrogen (secondary N) is 2. The lowest BCUT2D eigenvalue weighted by molar-refractivity contribution is 0.587. The summed E-state index contributed by atoms with van der Waals surface area (Å²) in [4.78, 5) is 0. The van der Waals surface area contributed by atoms with Crippen molar-refractivity contribution in [1.29, 1.82) is 0 Å². The number of thioether (sulfide) groups is 1. The van der Waals surface area contributed by atoms with E-state index in [9.17, 15) is 0 Å². The molecule has 0 bridgehead atoms. The molecule has 1 saturated heterocycles. The molecular weight excluding hydrogens is 264 g/mol. The molecule has 1 aliphatic rings. The molecule has 0 saturated carbocycles. The van der Waals surface area contributed by atoms with E-state index in [1.165, 1.54) is 28.3 Å². The van der Waals surface area contributed by atoms with E-state index >= 15 is 0 Å². The van der Waals surface area contributed by atoms with E-state index in [1.54, 1.807) is 0 Å². The topological polar surface area (TPSA) is 24.1 Å². The van der Waals surface area contributed by atoms with E-state index in [2.05, 4.69) is 65.2 Å². The van der Waals surface area contributed by atoms with Gasteiger partial charge in [0.25, 0.3) is 0 Å². The van der Waals surface area contributed by atoms with Crippen molar-refractivity contribution >= 4 is 17.4 Å². The van der Waals surface area contributed by atoms with Gasteiger partial charge in [-0.15, -0.1) is 0 Å². The van der Waals surface area contributed by atoms with Gasteiger partial charge >= 0.3 is 0 Å². The first-order valence-corrected chi connectivity index (χ1v) is 8.28. The number of rotatable bonds is 4. The summed E-state index contributed by atoms with van der Waals surface area (Å²) in [5, 5.41) is 7.06. The minimum atomic E-state index is 0.586. The maximum absolute atomic E-state index is 3.54. The Morgan fingerprint density at radius 1 is 1.00 bits per heavy atom. The number of hydrogen-bond donors (Lipinski definition) is 2. The smallest absolute Gasteiger partial charge is 0.0341 e. The molecular formula is C17H20N2S. The molecule has 0 amide bonds. The van der Waals surface area contributed by atoms with Crippen molar-refractivity contribution in [2.45, 2.75) is 6.04 Å². The van der Waals surface area contributed by atoms with Gasteiger partial charge in [0.2, 0.25) is 0 Å². The fourth-order valence-corrected chi connectivity index (χ4v) is 3.35. The fourth-order valence-electron chi connectivity index (χ4n) is 2.40. The highest BCUT2D eigenvalue weighted by atomic mass is 32.2. The molecule has 2 aromatic carbocycles. The molecule has 104 valence electrons. The summed E-state index contributed by atoms with van der Waals surface area (Å²) in [5.41, 5.74) is 3.73. The van der Waals surface area contributed by atoms with Gasteiger partial charge in [-0.1, -0.05) is 42.5 Å². The van der Waals surface area contributed by atoms with Gasteiger partial charge in [-0.3, -0.25) is 0 Å². The van der Waals surface area contributed by atoms with E-state index in [1.807, 2.05) is 11.8 Å². The van der Waals surface area contributed by atoms with E-state index in [-0.39, 0.29) is 0 Å². The average molecular weight is 284 g/mol. The summed E-state index contributed by atoms with van der Waals surface area (Å²) in [7, 11) is 0. The summed E-state index contributed by atoms with van der Waals surface area (Å²) in [6.45, 7) is 2.13. The highest BCUT2D eigenvalue weighted by Crippen LogP contribution is 2.21. The Kier molecular flexibility index (Phi) is 4.61. The van der Waals surface area contributed by atoms with E-state index in [4.69, 9.17) is 0 Å². The second-order valence-electron chi connectivity index (χ2n) is 5.05. The second kappa shape index (κ2) is 6.82. The molecule has 0 spiro atoms. The van der Waals surface area contributed by atoms with Crippen molar-refractivity contribution in [2.24, 2.45) is 0 Å². The van der Waals surface area contributed by atoms with Gasteiger partial charge in [-0.2, -0.15) is 11.8 Å². The van der Waals surface area contributed by atoms with Gasteiger partial charge in [0.1, 0.15) is 0 Å². The predicted molar refractivity (Wildman–Crippen MR) is 89.5 cm³/mol. The minimum Gasteiger partial charge on any atom is -0.383 e. The normalized spacial score (nSPS) is 18.7. The standard InChI is InChI=1S/C17H20N2S/c1-2-4-14(5-3-1)15-6-8-16(9-7-15)19-12-17-13-20-11-10-18-17/h1-9,17-19H,10-13H2.